The summed E-state index contributed by atoms with van der Waals surface area (Å²) >= 11 is 0. The van der Waals surface area contributed by atoms with Crippen LogP contribution in [0.15, 0.2) is 12.4 Å². The molecule has 0 N–H and O–H groups in total. The molecule has 5 heteroatoms. The van der Waals surface area contributed by atoms with Gasteiger partial charge in [0, 0.05) is 38.0 Å². The molecule has 0 radical (unpaired) electrons. The molecule has 1 aromatic rings. The van der Waals surface area contributed by atoms with Gasteiger partial charge in [0.05, 0.1) is 19.7 Å². The van der Waals surface area contributed by atoms with Gasteiger partial charge in [0.2, 0.25) is 0 Å². The fourth-order valence-electron chi connectivity index (χ4n) is 2.50. The summed E-state index contributed by atoms with van der Waals surface area (Å²) in [4.78, 5) is 18.5. The van der Waals surface area contributed by atoms with Crippen LogP contribution < -0.4 is 0 Å². The van der Waals surface area contributed by atoms with E-state index in [0.29, 0.717) is 18.9 Å². The van der Waals surface area contributed by atoms with E-state index in [2.05, 4.69) is 14.5 Å². The second-order valence-electron chi connectivity index (χ2n) is 4.77. The first-order valence-corrected chi connectivity index (χ1v) is 6.16. The molecule has 2 aliphatic heterocycles. The van der Waals surface area contributed by atoms with Crippen molar-refractivity contribution in [3.63, 3.8) is 0 Å². The summed E-state index contributed by atoms with van der Waals surface area (Å²) in [5, 5.41) is 0. The van der Waals surface area contributed by atoms with E-state index in [-0.39, 0.29) is 5.92 Å². The molecule has 1 saturated heterocycles. The predicted octanol–water partition coefficient (Wildman–Crippen LogP) is 0.304. The Morgan fingerprint density at radius 1 is 1.53 bits per heavy atom. The van der Waals surface area contributed by atoms with Gasteiger partial charge in [-0.25, -0.2) is 4.98 Å². The highest BCUT2D eigenvalue weighted by molar-refractivity contribution is 5.83. The van der Waals surface area contributed by atoms with Crippen LogP contribution in [0.3, 0.4) is 0 Å². The minimum Gasteiger partial charge on any atom is -0.381 e. The summed E-state index contributed by atoms with van der Waals surface area (Å²) in [5.74, 6) is 1.51. The Balaban J connectivity index is 1.58. The van der Waals surface area contributed by atoms with Crippen LogP contribution >= 0.6 is 0 Å². The van der Waals surface area contributed by atoms with Crippen LogP contribution in [0.25, 0.3) is 0 Å². The van der Waals surface area contributed by atoms with Crippen molar-refractivity contribution < 1.29 is 9.53 Å². The maximum atomic E-state index is 12.0. The number of aromatic nitrogens is 2. The Morgan fingerprint density at radius 2 is 2.47 bits per heavy atom. The second-order valence-corrected chi connectivity index (χ2v) is 4.77. The molecular formula is C12H17N3O2. The van der Waals surface area contributed by atoms with Crippen molar-refractivity contribution in [1.82, 2.24) is 14.5 Å². The first-order valence-electron chi connectivity index (χ1n) is 6.16. The monoisotopic (exact) mass is 235 g/mol. The molecule has 1 unspecified atom stereocenters. The van der Waals surface area contributed by atoms with Crippen LogP contribution in [0, 0.1) is 5.92 Å². The number of nitrogens with zero attached hydrogens (tertiary/aromatic N) is 3. The normalized spacial score (nSPS) is 24.8. The Hall–Kier alpha value is -1.20. The lowest BCUT2D eigenvalue weighted by Crippen LogP contribution is -2.39. The first kappa shape index (κ1) is 10.9. The van der Waals surface area contributed by atoms with Gasteiger partial charge >= 0.3 is 0 Å². The number of carbonyl (C=O) groups excluding carboxylic acids is 1. The zero-order chi connectivity index (χ0) is 11.7. The van der Waals surface area contributed by atoms with E-state index in [9.17, 15) is 4.79 Å². The molecule has 0 bridgehead atoms. The molecule has 5 nitrogen and oxygen atoms in total. The summed E-state index contributed by atoms with van der Waals surface area (Å²) < 4.78 is 7.41. The number of carbonyl (C=O) groups is 1. The van der Waals surface area contributed by atoms with Gasteiger partial charge in [0.15, 0.2) is 5.78 Å². The maximum absolute atomic E-state index is 12.0. The van der Waals surface area contributed by atoms with Crippen molar-refractivity contribution in [3.05, 3.63) is 18.2 Å². The fourth-order valence-corrected chi connectivity index (χ4v) is 2.50. The van der Waals surface area contributed by atoms with Crippen LogP contribution in [0.1, 0.15) is 12.2 Å². The van der Waals surface area contributed by atoms with Crippen LogP contribution in [0.5, 0.6) is 0 Å². The van der Waals surface area contributed by atoms with Crippen molar-refractivity contribution >= 4 is 5.78 Å². The maximum Gasteiger partial charge on any atom is 0.152 e. The zero-order valence-electron chi connectivity index (χ0n) is 9.84. The number of ketones is 1. The fraction of sp³-hybridized carbons (Fsp3) is 0.667. The number of imidazole rings is 1. The highest BCUT2D eigenvalue weighted by Crippen LogP contribution is 2.16. The van der Waals surface area contributed by atoms with Gasteiger partial charge in [-0.2, -0.15) is 0 Å². The number of ether oxygens (including phenoxy) is 1. The summed E-state index contributed by atoms with van der Waals surface area (Å²) in [6.45, 7) is 4.54. The van der Waals surface area contributed by atoms with Crippen molar-refractivity contribution in [2.45, 2.75) is 19.5 Å². The van der Waals surface area contributed by atoms with Crippen molar-refractivity contribution in [1.29, 1.82) is 0 Å². The largest absolute Gasteiger partial charge is 0.381 e. The number of hydrogen-bond donors (Lipinski definition) is 0. The van der Waals surface area contributed by atoms with Crippen molar-refractivity contribution in [2.24, 2.45) is 5.92 Å². The van der Waals surface area contributed by atoms with Gasteiger partial charge in [-0.1, -0.05) is 0 Å². The summed E-state index contributed by atoms with van der Waals surface area (Å²) in [6.07, 6.45) is 4.71. The molecule has 17 heavy (non-hydrogen) atoms. The predicted molar refractivity (Wildman–Crippen MR) is 61.4 cm³/mol. The smallest absolute Gasteiger partial charge is 0.152 e. The van der Waals surface area contributed by atoms with E-state index in [1.165, 1.54) is 0 Å². The Kier molecular flexibility index (Phi) is 2.94. The second kappa shape index (κ2) is 4.58. The molecule has 0 saturated carbocycles. The van der Waals surface area contributed by atoms with E-state index in [1.807, 2.05) is 12.4 Å². The third-order valence-corrected chi connectivity index (χ3v) is 3.59. The van der Waals surface area contributed by atoms with E-state index >= 15 is 0 Å². The van der Waals surface area contributed by atoms with Crippen molar-refractivity contribution in [3.8, 4) is 0 Å². The molecule has 0 amide bonds. The Bertz CT molecular complexity index is 410. The minimum atomic E-state index is 0.122. The van der Waals surface area contributed by atoms with E-state index < -0.39 is 0 Å². The molecule has 0 aromatic carbocycles. The lowest BCUT2D eigenvalue weighted by molar-refractivity contribution is -0.124. The average molecular weight is 235 g/mol. The molecule has 1 aromatic heterocycles. The SMILES string of the molecule is O=C(CN1CCn2ccnc2C1)C1CCOC1. The third-order valence-electron chi connectivity index (χ3n) is 3.59. The summed E-state index contributed by atoms with van der Waals surface area (Å²) in [7, 11) is 0. The van der Waals surface area contributed by atoms with Gasteiger partial charge in [0.1, 0.15) is 5.82 Å². The van der Waals surface area contributed by atoms with E-state index in [1.54, 1.807) is 0 Å². The lowest BCUT2D eigenvalue weighted by Gasteiger charge is -2.27. The summed E-state index contributed by atoms with van der Waals surface area (Å²) in [5.41, 5.74) is 0. The molecule has 2 aliphatic rings. The molecule has 1 atom stereocenters. The van der Waals surface area contributed by atoms with Crippen LogP contribution in [-0.2, 0) is 22.6 Å². The van der Waals surface area contributed by atoms with Gasteiger partial charge in [-0.3, -0.25) is 9.69 Å². The number of fused-ring (bicyclic) bond motifs is 1. The van der Waals surface area contributed by atoms with Gasteiger partial charge in [-0.15, -0.1) is 0 Å². The molecule has 0 aliphatic carbocycles. The van der Waals surface area contributed by atoms with E-state index in [0.717, 1.165) is 38.5 Å². The Labute approximate surface area is 100 Å². The third kappa shape index (κ3) is 2.25. The quantitative estimate of drug-likeness (QED) is 0.756. The molecular weight excluding hydrogens is 218 g/mol. The molecule has 3 rings (SSSR count). The highest BCUT2D eigenvalue weighted by Gasteiger charge is 2.26. The average Bonchev–Trinajstić information content (AvgIpc) is 2.99. The standard InChI is InChI=1S/C12H17N3O2/c16-11(10-1-6-17-9-10)7-14-4-5-15-3-2-13-12(15)8-14/h2-3,10H,1,4-9H2. The first-order chi connectivity index (χ1) is 8.33. The van der Waals surface area contributed by atoms with Gasteiger partial charge in [-0.05, 0) is 6.42 Å². The zero-order valence-corrected chi connectivity index (χ0v) is 9.84. The molecule has 1 fully saturated rings. The number of rotatable bonds is 3. The lowest BCUT2D eigenvalue weighted by atomic mass is 10.0. The topological polar surface area (TPSA) is 47.4 Å². The van der Waals surface area contributed by atoms with Crippen LogP contribution in [0.4, 0.5) is 0 Å². The Morgan fingerprint density at radius 3 is 3.29 bits per heavy atom. The van der Waals surface area contributed by atoms with Crippen molar-refractivity contribution in [2.75, 3.05) is 26.3 Å². The number of hydrogen-bond acceptors (Lipinski definition) is 4. The molecule has 0 spiro atoms. The van der Waals surface area contributed by atoms with Crippen LogP contribution in [0.2, 0.25) is 0 Å². The van der Waals surface area contributed by atoms with Gasteiger partial charge < -0.3 is 9.30 Å². The molecule has 3 heterocycles. The molecule has 92 valence electrons. The summed E-state index contributed by atoms with van der Waals surface area (Å²) in [6, 6.07) is 0. The highest BCUT2D eigenvalue weighted by atomic mass is 16.5. The van der Waals surface area contributed by atoms with E-state index in [4.69, 9.17) is 4.74 Å². The van der Waals surface area contributed by atoms with Gasteiger partial charge in [0.25, 0.3) is 0 Å². The number of Topliss-reactive ketones (excluding diaryl/α,β-unsaturated/α-hetero) is 1. The minimum absolute atomic E-state index is 0.122. The van der Waals surface area contributed by atoms with Crippen LogP contribution in [-0.4, -0.2) is 46.5 Å².